The molecular formula is C17H17NO4S. The Balaban J connectivity index is 1.73. The molecule has 120 valence electrons. The number of carboxylic acids is 1. The summed E-state index contributed by atoms with van der Waals surface area (Å²) in [5, 5.41) is 13.5. The van der Waals surface area contributed by atoms with Gasteiger partial charge in [-0.05, 0) is 43.5 Å². The predicted octanol–water partition coefficient (Wildman–Crippen LogP) is 3.26. The number of hydrogen-bond acceptors (Lipinski definition) is 4. The number of carboxylic acid groups (broad SMARTS) is 1. The van der Waals surface area contributed by atoms with E-state index in [4.69, 9.17) is 9.84 Å². The molecule has 0 bridgehead atoms. The van der Waals surface area contributed by atoms with Gasteiger partial charge in [0.25, 0.3) is 5.91 Å². The van der Waals surface area contributed by atoms with E-state index in [-0.39, 0.29) is 17.0 Å². The predicted molar refractivity (Wildman–Crippen MR) is 87.3 cm³/mol. The summed E-state index contributed by atoms with van der Waals surface area (Å²) in [6.07, 6.45) is 1.76. The Morgan fingerprint density at radius 3 is 2.52 bits per heavy atom. The van der Waals surface area contributed by atoms with E-state index in [1.165, 1.54) is 11.4 Å². The zero-order valence-electron chi connectivity index (χ0n) is 12.7. The standard InChI is InChI=1S/C17H17NO4S/c1-2-22-13-5-3-12(4-6-13)17(7-8-17)18-15(19)14-9-11(10-23-14)16(20)21/h3-6,9-10H,2,7-8H2,1H3,(H,18,19)(H,20,21). The average Bonchev–Trinajstić information content (AvgIpc) is 3.13. The summed E-state index contributed by atoms with van der Waals surface area (Å²) in [6.45, 7) is 2.55. The SMILES string of the molecule is CCOc1ccc(C2(NC(=O)c3cc(C(=O)O)cs3)CC2)cc1. The van der Waals surface area contributed by atoms with Gasteiger partial charge >= 0.3 is 5.97 Å². The molecule has 1 saturated carbocycles. The van der Waals surface area contributed by atoms with Gasteiger partial charge in [0.15, 0.2) is 0 Å². The van der Waals surface area contributed by atoms with Crippen LogP contribution < -0.4 is 10.1 Å². The molecule has 0 saturated heterocycles. The van der Waals surface area contributed by atoms with Gasteiger partial charge < -0.3 is 15.2 Å². The van der Waals surface area contributed by atoms with Crippen molar-refractivity contribution in [1.29, 1.82) is 0 Å². The molecule has 0 spiro atoms. The first kappa shape index (κ1) is 15.6. The molecule has 1 aromatic carbocycles. The number of thiophene rings is 1. The quantitative estimate of drug-likeness (QED) is 0.852. The second-order valence-electron chi connectivity index (χ2n) is 5.50. The van der Waals surface area contributed by atoms with Crippen molar-refractivity contribution in [2.24, 2.45) is 0 Å². The smallest absolute Gasteiger partial charge is 0.336 e. The Hall–Kier alpha value is -2.34. The molecule has 1 aliphatic rings. The minimum absolute atomic E-state index is 0.145. The Bertz CT molecular complexity index is 731. The second kappa shape index (κ2) is 6.04. The summed E-state index contributed by atoms with van der Waals surface area (Å²) >= 11 is 1.15. The lowest BCUT2D eigenvalue weighted by molar-refractivity contribution is 0.0697. The lowest BCUT2D eigenvalue weighted by Crippen LogP contribution is -2.34. The maximum absolute atomic E-state index is 12.4. The maximum atomic E-state index is 12.4. The molecule has 0 aliphatic heterocycles. The van der Waals surface area contributed by atoms with Crippen LogP contribution in [0.4, 0.5) is 0 Å². The number of amides is 1. The zero-order valence-corrected chi connectivity index (χ0v) is 13.5. The lowest BCUT2D eigenvalue weighted by atomic mass is 10.0. The first-order valence-corrected chi connectivity index (χ1v) is 8.30. The van der Waals surface area contributed by atoms with Crippen LogP contribution in [0, 0.1) is 0 Å². The maximum Gasteiger partial charge on any atom is 0.336 e. The fourth-order valence-electron chi connectivity index (χ4n) is 2.49. The van der Waals surface area contributed by atoms with Crippen LogP contribution in [0.2, 0.25) is 0 Å². The lowest BCUT2D eigenvalue weighted by Gasteiger charge is -2.18. The first-order chi connectivity index (χ1) is 11.0. The van der Waals surface area contributed by atoms with Gasteiger partial charge in [-0.25, -0.2) is 4.79 Å². The fraction of sp³-hybridized carbons (Fsp3) is 0.294. The molecule has 0 radical (unpaired) electrons. The van der Waals surface area contributed by atoms with Gasteiger partial charge in [-0.15, -0.1) is 11.3 Å². The number of hydrogen-bond donors (Lipinski definition) is 2. The van der Waals surface area contributed by atoms with Crippen LogP contribution in [0.15, 0.2) is 35.7 Å². The van der Waals surface area contributed by atoms with E-state index in [2.05, 4.69) is 5.32 Å². The number of nitrogens with one attached hydrogen (secondary N) is 1. The molecule has 1 heterocycles. The van der Waals surface area contributed by atoms with Crippen LogP contribution in [-0.2, 0) is 5.54 Å². The fourth-order valence-corrected chi connectivity index (χ4v) is 3.27. The average molecular weight is 331 g/mol. The van der Waals surface area contributed by atoms with Crippen LogP contribution in [0.25, 0.3) is 0 Å². The van der Waals surface area contributed by atoms with E-state index < -0.39 is 5.97 Å². The summed E-state index contributed by atoms with van der Waals surface area (Å²) in [5.41, 5.74) is 0.852. The van der Waals surface area contributed by atoms with Crippen molar-refractivity contribution in [3.8, 4) is 5.75 Å². The van der Waals surface area contributed by atoms with Gasteiger partial charge in [-0.3, -0.25) is 4.79 Å². The number of ether oxygens (including phenoxy) is 1. The molecule has 0 unspecified atom stereocenters. The summed E-state index contributed by atoms with van der Waals surface area (Å²) in [5.74, 6) is -0.440. The Kier molecular flexibility index (Phi) is 4.09. The third-order valence-electron chi connectivity index (χ3n) is 3.89. The molecule has 1 fully saturated rings. The summed E-state index contributed by atoms with van der Waals surface area (Å²) in [6, 6.07) is 9.15. The van der Waals surface area contributed by atoms with Crippen LogP contribution in [0.5, 0.6) is 5.75 Å². The molecule has 5 nitrogen and oxygen atoms in total. The highest BCUT2D eigenvalue weighted by molar-refractivity contribution is 7.12. The minimum Gasteiger partial charge on any atom is -0.494 e. The first-order valence-electron chi connectivity index (χ1n) is 7.42. The Labute approximate surface area is 137 Å². The number of carbonyl (C=O) groups is 2. The highest BCUT2D eigenvalue weighted by Crippen LogP contribution is 2.46. The van der Waals surface area contributed by atoms with Gasteiger partial charge in [0.2, 0.25) is 0 Å². The van der Waals surface area contributed by atoms with Crippen molar-refractivity contribution in [2.75, 3.05) is 6.61 Å². The van der Waals surface area contributed by atoms with Crippen molar-refractivity contribution in [3.05, 3.63) is 51.7 Å². The minimum atomic E-state index is -1.02. The van der Waals surface area contributed by atoms with E-state index >= 15 is 0 Å². The largest absolute Gasteiger partial charge is 0.494 e. The second-order valence-corrected chi connectivity index (χ2v) is 6.41. The number of aromatic carboxylic acids is 1. The van der Waals surface area contributed by atoms with E-state index in [1.807, 2.05) is 31.2 Å². The summed E-state index contributed by atoms with van der Waals surface area (Å²) < 4.78 is 5.43. The van der Waals surface area contributed by atoms with E-state index in [1.54, 1.807) is 0 Å². The molecule has 1 amide bonds. The molecule has 1 aliphatic carbocycles. The third kappa shape index (κ3) is 3.22. The molecule has 2 aromatic rings. The molecule has 2 N–H and O–H groups in total. The van der Waals surface area contributed by atoms with Gasteiger partial charge in [-0.1, -0.05) is 12.1 Å². The third-order valence-corrected chi connectivity index (χ3v) is 4.82. The Morgan fingerprint density at radius 2 is 2.00 bits per heavy atom. The van der Waals surface area contributed by atoms with Gasteiger partial charge in [0, 0.05) is 5.38 Å². The van der Waals surface area contributed by atoms with Gasteiger partial charge in [0.1, 0.15) is 5.75 Å². The van der Waals surface area contributed by atoms with Crippen LogP contribution in [0.3, 0.4) is 0 Å². The van der Waals surface area contributed by atoms with Crippen molar-refractivity contribution in [2.45, 2.75) is 25.3 Å². The molecule has 23 heavy (non-hydrogen) atoms. The van der Waals surface area contributed by atoms with E-state index in [0.717, 1.165) is 35.5 Å². The molecular weight excluding hydrogens is 314 g/mol. The Morgan fingerprint density at radius 1 is 1.30 bits per heavy atom. The van der Waals surface area contributed by atoms with Crippen LogP contribution in [0.1, 0.15) is 45.4 Å². The van der Waals surface area contributed by atoms with Crippen LogP contribution in [-0.4, -0.2) is 23.6 Å². The van der Waals surface area contributed by atoms with Crippen molar-refractivity contribution in [1.82, 2.24) is 5.32 Å². The van der Waals surface area contributed by atoms with Crippen LogP contribution >= 0.6 is 11.3 Å². The molecule has 1 aromatic heterocycles. The van der Waals surface area contributed by atoms with Gasteiger partial charge in [-0.2, -0.15) is 0 Å². The number of rotatable bonds is 6. The topological polar surface area (TPSA) is 75.6 Å². The number of benzene rings is 1. The number of carbonyl (C=O) groups excluding carboxylic acids is 1. The highest BCUT2D eigenvalue weighted by Gasteiger charge is 2.45. The van der Waals surface area contributed by atoms with Crippen molar-refractivity contribution < 1.29 is 19.4 Å². The monoisotopic (exact) mass is 331 g/mol. The van der Waals surface area contributed by atoms with Crippen molar-refractivity contribution in [3.63, 3.8) is 0 Å². The molecule has 0 atom stereocenters. The van der Waals surface area contributed by atoms with Gasteiger partial charge in [0.05, 0.1) is 22.6 Å². The summed E-state index contributed by atoms with van der Waals surface area (Å²) in [7, 11) is 0. The summed E-state index contributed by atoms with van der Waals surface area (Å²) in [4.78, 5) is 23.7. The normalized spacial score (nSPS) is 15.0. The molecule has 6 heteroatoms. The zero-order chi connectivity index (χ0) is 16.4. The van der Waals surface area contributed by atoms with E-state index in [9.17, 15) is 9.59 Å². The molecule has 3 rings (SSSR count). The van der Waals surface area contributed by atoms with E-state index in [0.29, 0.717) is 11.5 Å². The van der Waals surface area contributed by atoms with Crippen molar-refractivity contribution >= 4 is 23.2 Å². The highest BCUT2D eigenvalue weighted by atomic mass is 32.1.